The minimum Gasteiger partial charge on any atom is -0.367 e. The molecule has 1 rings (SSSR count). The van der Waals surface area contributed by atoms with Crippen molar-refractivity contribution in [2.24, 2.45) is 0 Å². The standard InChI is InChI=1S/C5H7ClO/c6-5-2-1-3-7-4-5/h5H,1-3H2. The first-order chi connectivity index (χ1) is 3.39. The van der Waals surface area contributed by atoms with Gasteiger partial charge in [0.15, 0.2) is 6.61 Å². The van der Waals surface area contributed by atoms with Crippen LogP contribution in [-0.2, 0) is 4.74 Å². The Kier molecular flexibility index (Phi) is 1.95. The van der Waals surface area contributed by atoms with Crippen molar-refractivity contribution in [1.29, 1.82) is 0 Å². The molecular weight excluding hydrogens is 112 g/mol. The Morgan fingerprint density at radius 1 is 1.71 bits per heavy atom. The van der Waals surface area contributed by atoms with Crippen LogP contribution in [0.4, 0.5) is 0 Å². The summed E-state index contributed by atoms with van der Waals surface area (Å²) in [5.41, 5.74) is 0. The van der Waals surface area contributed by atoms with Crippen LogP contribution in [-0.4, -0.2) is 12.0 Å². The quantitative estimate of drug-likeness (QED) is 0.438. The Hall–Kier alpha value is 0.250. The molecule has 1 aliphatic rings. The first-order valence-electron chi connectivity index (χ1n) is 2.41. The molecule has 0 aromatic carbocycles. The summed E-state index contributed by atoms with van der Waals surface area (Å²) >= 11 is 5.58. The third-order valence-electron chi connectivity index (χ3n) is 0.915. The van der Waals surface area contributed by atoms with Gasteiger partial charge in [0.05, 0.1) is 5.38 Å². The Labute approximate surface area is 48.6 Å². The first-order valence-corrected chi connectivity index (χ1v) is 2.84. The monoisotopic (exact) mass is 118 g/mol. The number of alkyl halides is 1. The summed E-state index contributed by atoms with van der Waals surface area (Å²) in [5.74, 6) is 0. The molecule has 0 aliphatic carbocycles. The molecule has 2 radical (unpaired) electrons. The molecule has 1 unspecified atom stereocenters. The largest absolute Gasteiger partial charge is 0.367 e. The summed E-state index contributed by atoms with van der Waals surface area (Å²) in [6.07, 6.45) is 2.09. The van der Waals surface area contributed by atoms with Crippen LogP contribution in [0.2, 0.25) is 0 Å². The van der Waals surface area contributed by atoms with Crippen molar-refractivity contribution < 1.29 is 4.74 Å². The molecule has 40 valence electrons. The van der Waals surface area contributed by atoms with E-state index in [1.807, 2.05) is 0 Å². The van der Waals surface area contributed by atoms with E-state index < -0.39 is 0 Å². The predicted molar refractivity (Wildman–Crippen MR) is 28.1 cm³/mol. The maximum absolute atomic E-state index is 5.58. The second kappa shape index (κ2) is 2.53. The highest BCUT2D eigenvalue weighted by atomic mass is 35.5. The summed E-state index contributed by atoms with van der Waals surface area (Å²) in [7, 11) is 0. The van der Waals surface area contributed by atoms with Gasteiger partial charge in [-0.15, -0.1) is 11.6 Å². The van der Waals surface area contributed by atoms with Crippen LogP contribution in [0.5, 0.6) is 0 Å². The van der Waals surface area contributed by atoms with Crippen molar-refractivity contribution in [3.8, 4) is 0 Å². The van der Waals surface area contributed by atoms with Crippen LogP contribution < -0.4 is 0 Å². The van der Waals surface area contributed by atoms with E-state index in [1.54, 1.807) is 0 Å². The second-order valence-corrected chi connectivity index (χ2v) is 2.10. The van der Waals surface area contributed by atoms with E-state index in [-0.39, 0.29) is 5.38 Å². The zero-order chi connectivity index (χ0) is 5.11. The maximum atomic E-state index is 5.58. The van der Waals surface area contributed by atoms with Crippen molar-refractivity contribution in [3.05, 3.63) is 6.61 Å². The second-order valence-electron chi connectivity index (χ2n) is 1.58. The normalized spacial score (nSPS) is 33.0. The topological polar surface area (TPSA) is 9.23 Å². The van der Waals surface area contributed by atoms with E-state index in [9.17, 15) is 0 Å². The van der Waals surface area contributed by atoms with Gasteiger partial charge < -0.3 is 4.74 Å². The van der Waals surface area contributed by atoms with E-state index in [1.165, 1.54) is 0 Å². The molecule has 2 heteroatoms. The summed E-state index contributed by atoms with van der Waals surface area (Å²) in [5, 5.41) is 0.0359. The van der Waals surface area contributed by atoms with Crippen LogP contribution in [0.3, 0.4) is 0 Å². The highest BCUT2D eigenvalue weighted by molar-refractivity contribution is 6.21. The van der Waals surface area contributed by atoms with E-state index >= 15 is 0 Å². The molecular formula is C5H7ClO. The van der Waals surface area contributed by atoms with Gasteiger partial charge in [-0.05, 0) is 12.8 Å². The number of hydrogen-bond acceptors (Lipinski definition) is 1. The Morgan fingerprint density at radius 3 is 2.86 bits per heavy atom. The van der Waals surface area contributed by atoms with Gasteiger partial charge in [-0.2, -0.15) is 0 Å². The van der Waals surface area contributed by atoms with Gasteiger partial charge in [0.2, 0.25) is 0 Å². The van der Waals surface area contributed by atoms with E-state index in [4.69, 9.17) is 16.3 Å². The summed E-state index contributed by atoms with van der Waals surface area (Å²) in [6, 6.07) is 0. The number of rotatable bonds is 0. The molecule has 0 aromatic rings. The van der Waals surface area contributed by atoms with E-state index in [2.05, 4.69) is 6.61 Å². The molecule has 0 N–H and O–H groups in total. The van der Waals surface area contributed by atoms with Crippen LogP contribution in [0, 0.1) is 6.61 Å². The fourth-order valence-electron chi connectivity index (χ4n) is 0.543. The Morgan fingerprint density at radius 2 is 2.57 bits per heavy atom. The third-order valence-corrected chi connectivity index (χ3v) is 1.22. The molecule has 0 saturated carbocycles. The fraction of sp³-hybridized carbons (Fsp3) is 0.800. The summed E-state index contributed by atoms with van der Waals surface area (Å²) < 4.78 is 4.80. The van der Waals surface area contributed by atoms with Crippen molar-refractivity contribution >= 4 is 11.6 Å². The predicted octanol–water partition coefficient (Wildman–Crippen LogP) is 1.44. The lowest BCUT2D eigenvalue weighted by molar-refractivity contribution is 0.158. The molecule has 7 heavy (non-hydrogen) atoms. The first kappa shape index (κ1) is 5.39. The Bertz CT molecular complexity index is 50.0. The van der Waals surface area contributed by atoms with Crippen molar-refractivity contribution in [3.63, 3.8) is 0 Å². The highest BCUT2D eigenvalue weighted by Gasteiger charge is 2.10. The van der Waals surface area contributed by atoms with Gasteiger partial charge in [0.25, 0.3) is 0 Å². The maximum Gasteiger partial charge on any atom is 0.151 e. The minimum absolute atomic E-state index is 0.0359. The van der Waals surface area contributed by atoms with Crippen molar-refractivity contribution in [2.75, 3.05) is 6.61 Å². The minimum atomic E-state index is 0.0359. The van der Waals surface area contributed by atoms with Gasteiger partial charge in [-0.3, -0.25) is 0 Å². The Balaban J connectivity index is 2.12. The molecule has 1 heterocycles. The smallest absolute Gasteiger partial charge is 0.151 e. The van der Waals surface area contributed by atoms with Gasteiger partial charge in [-0.1, -0.05) is 0 Å². The molecule has 0 spiro atoms. The van der Waals surface area contributed by atoms with E-state index in [0.29, 0.717) is 0 Å². The number of ether oxygens (including phenoxy) is 1. The molecule has 0 bridgehead atoms. The SMILES string of the molecule is ClC1[C]OCCC1. The van der Waals surface area contributed by atoms with Crippen LogP contribution in [0.25, 0.3) is 0 Å². The molecule has 1 aliphatic heterocycles. The lowest BCUT2D eigenvalue weighted by Crippen LogP contribution is -2.11. The number of hydrogen-bond donors (Lipinski definition) is 0. The highest BCUT2D eigenvalue weighted by Crippen LogP contribution is 2.14. The summed E-state index contributed by atoms with van der Waals surface area (Å²) in [6.45, 7) is 3.44. The zero-order valence-corrected chi connectivity index (χ0v) is 4.74. The molecule has 0 amide bonds. The van der Waals surface area contributed by atoms with Gasteiger partial charge in [-0.25, -0.2) is 0 Å². The molecule has 1 fully saturated rings. The van der Waals surface area contributed by atoms with Crippen molar-refractivity contribution in [1.82, 2.24) is 0 Å². The van der Waals surface area contributed by atoms with Gasteiger partial charge >= 0.3 is 0 Å². The molecule has 1 saturated heterocycles. The lowest BCUT2D eigenvalue weighted by atomic mass is 10.2. The molecule has 1 atom stereocenters. The van der Waals surface area contributed by atoms with Gasteiger partial charge in [0.1, 0.15) is 0 Å². The fourth-order valence-corrected chi connectivity index (χ4v) is 0.760. The average Bonchev–Trinajstić information content (AvgIpc) is 1.69. The summed E-state index contributed by atoms with van der Waals surface area (Å²) in [4.78, 5) is 0. The average molecular weight is 119 g/mol. The van der Waals surface area contributed by atoms with Crippen molar-refractivity contribution in [2.45, 2.75) is 18.2 Å². The molecule has 1 nitrogen and oxygen atoms in total. The lowest BCUT2D eigenvalue weighted by Gasteiger charge is -2.12. The van der Waals surface area contributed by atoms with Gasteiger partial charge in [0, 0.05) is 6.61 Å². The van der Waals surface area contributed by atoms with Crippen LogP contribution in [0.1, 0.15) is 12.8 Å². The van der Waals surface area contributed by atoms with E-state index in [0.717, 1.165) is 19.4 Å². The van der Waals surface area contributed by atoms with Crippen LogP contribution >= 0.6 is 11.6 Å². The van der Waals surface area contributed by atoms with Crippen LogP contribution in [0.15, 0.2) is 0 Å². The number of halogens is 1. The third kappa shape index (κ3) is 1.66. The zero-order valence-electron chi connectivity index (χ0n) is 3.98. The molecule has 0 aromatic heterocycles.